The van der Waals surface area contributed by atoms with Gasteiger partial charge in [0, 0.05) is 6.08 Å². The summed E-state index contributed by atoms with van der Waals surface area (Å²) in [7, 11) is 0. The van der Waals surface area contributed by atoms with E-state index < -0.39 is 0 Å². The maximum atomic E-state index is 11.7. The van der Waals surface area contributed by atoms with Crippen molar-refractivity contribution in [1.29, 1.82) is 5.26 Å². The Morgan fingerprint density at radius 1 is 1.32 bits per heavy atom. The van der Waals surface area contributed by atoms with Gasteiger partial charge in [0.2, 0.25) is 5.91 Å². The number of benzene rings is 1. The molecule has 1 heterocycles. The van der Waals surface area contributed by atoms with Crippen LogP contribution in [0.15, 0.2) is 46.9 Å². The maximum Gasteiger partial charge on any atom is 0.248 e. The first-order valence-electron chi connectivity index (χ1n) is 5.73. The number of carbonyl (C=O) groups is 1. The molecular weight excluding hydrogens is 240 g/mol. The first-order chi connectivity index (χ1) is 9.19. The van der Waals surface area contributed by atoms with Crippen molar-refractivity contribution in [2.24, 2.45) is 0 Å². The van der Waals surface area contributed by atoms with Gasteiger partial charge in [-0.1, -0.05) is 12.1 Å². The molecule has 2 rings (SSSR count). The third-order valence-corrected chi connectivity index (χ3v) is 2.47. The van der Waals surface area contributed by atoms with Gasteiger partial charge in [0.05, 0.1) is 11.3 Å². The lowest BCUT2D eigenvalue weighted by Crippen LogP contribution is -2.08. The second-order valence-corrected chi connectivity index (χ2v) is 3.93. The van der Waals surface area contributed by atoms with Crippen LogP contribution in [-0.4, -0.2) is 5.91 Å². The largest absolute Gasteiger partial charge is 0.462 e. The average Bonchev–Trinajstić information content (AvgIpc) is 2.83. The molecule has 19 heavy (non-hydrogen) atoms. The molecule has 0 aliphatic heterocycles. The minimum Gasteiger partial charge on any atom is -0.462 e. The number of amides is 1. The number of furan rings is 1. The molecule has 1 aromatic heterocycles. The van der Waals surface area contributed by atoms with Crippen LogP contribution >= 0.6 is 0 Å². The molecule has 0 spiro atoms. The first-order valence-corrected chi connectivity index (χ1v) is 5.73. The van der Waals surface area contributed by atoms with Crippen LogP contribution in [0.3, 0.4) is 0 Å². The van der Waals surface area contributed by atoms with Crippen LogP contribution in [0.4, 0.5) is 5.69 Å². The molecule has 0 aliphatic rings. The van der Waals surface area contributed by atoms with Crippen LogP contribution in [0.5, 0.6) is 0 Å². The normalized spacial score (nSPS) is 10.3. The zero-order valence-corrected chi connectivity index (χ0v) is 10.4. The predicted octanol–water partition coefficient (Wildman–Crippen LogP) is 3.11. The Morgan fingerprint density at radius 2 is 2.11 bits per heavy atom. The highest BCUT2D eigenvalue weighted by atomic mass is 16.3. The number of anilines is 1. The van der Waals surface area contributed by atoms with Crippen LogP contribution < -0.4 is 5.32 Å². The van der Waals surface area contributed by atoms with Crippen molar-refractivity contribution in [2.45, 2.75) is 6.92 Å². The molecule has 0 aliphatic carbocycles. The van der Waals surface area contributed by atoms with E-state index in [-0.39, 0.29) is 5.91 Å². The summed E-state index contributed by atoms with van der Waals surface area (Å²) in [4.78, 5) is 11.7. The summed E-state index contributed by atoms with van der Waals surface area (Å²) in [5.74, 6) is 1.09. The van der Waals surface area contributed by atoms with Crippen LogP contribution in [-0.2, 0) is 4.79 Å². The van der Waals surface area contributed by atoms with Gasteiger partial charge in [-0.25, -0.2) is 0 Å². The molecule has 0 bridgehead atoms. The number of nitriles is 1. The van der Waals surface area contributed by atoms with E-state index in [1.807, 2.05) is 19.1 Å². The summed E-state index contributed by atoms with van der Waals surface area (Å²) in [6.45, 7) is 1.83. The van der Waals surface area contributed by atoms with E-state index >= 15 is 0 Å². The van der Waals surface area contributed by atoms with E-state index in [9.17, 15) is 4.79 Å². The molecule has 1 N–H and O–H groups in total. The van der Waals surface area contributed by atoms with E-state index in [1.54, 1.807) is 36.4 Å². The van der Waals surface area contributed by atoms with Crippen LogP contribution in [0, 0.1) is 18.3 Å². The Hall–Kier alpha value is -2.80. The molecule has 4 heteroatoms. The predicted molar refractivity (Wildman–Crippen MR) is 72.3 cm³/mol. The summed E-state index contributed by atoms with van der Waals surface area (Å²) in [5, 5.41) is 11.6. The number of carbonyl (C=O) groups excluding carboxylic acids is 1. The molecule has 0 radical (unpaired) electrons. The monoisotopic (exact) mass is 252 g/mol. The highest BCUT2D eigenvalue weighted by Crippen LogP contribution is 2.14. The van der Waals surface area contributed by atoms with Crippen molar-refractivity contribution >= 4 is 17.7 Å². The maximum absolute atomic E-state index is 11.7. The van der Waals surface area contributed by atoms with E-state index in [4.69, 9.17) is 9.68 Å². The number of hydrogen-bond acceptors (Lipinski definition) is 3. The van der Waals surface area contributed by atoms with E-state index in [1.165, 1.54) is 6.08 Å². The fourth-order valence-electron chi connectivity index (χ4n) is 1.56. The summed E-state index contributed by atoms with van der Waals surface area (Å²) in [6.07, 6.45) is 2.95. The molecule has 0 atom stereocenters. The van der Waals surface area contributed by atoms with Gasteiger partial charge in [0.25, 0.3) is 0 Å². The Labute approximate surface area is 111 Å². The SMILES string of the molecule is Cc1ccc(/C=C/C(=O)Nc2ccccc2C#N)o1. The van der Waals surface area contributed by atoms with Gasteiger partial charge in [-0.15, -0.1) is 0 Å². The minimum atomic E-state index is -0.309. The molecular formula is C15H12N2O2. The van der Waals surface area contributed by atoms with Crippen molar-refractivity contribution in [1.82, 2.24) is 0 Å². The fraction of sp³-hybridized carbons (Fsp3) is 0.0667. The van der Waals surface area contributed by atoms with Gasteiger partial charge < -0.3 is 9.73 Å². The third-order valence-electron chi connectivity index (χ3n) is 2.47. The summed E-state index contributed by atoms with van der Waals surface area (Å²) >= 11 is 0. The highest BCUT2D eigenvalue weighted by Gasteiger charge is 2.03. The molecule has 0 unspecified atom stereocenters. The number of rotatable bonds is 3. The third kappa shape index (κ3) is 3.33. The zero-order chi connectivity index (χ0) is 13.7. The summed E-state index contributed by atoms with van der Waals surface area (Å²) < 4.78 is 5.31. The zero-order valence-electron chi connectivity index (χ0n) is 10.4. The molecule has 94 valence electrons. The van der Waals surface area contributed by atoms with Gasteiger partial charge in [-0.05, 0) is 37.3 Å². The average molecular weight is 252 g/mol. The molecule has 4 nitrogen and oxygen atoms in total. The van der Waals surface area contributed by atoms with Crippen molar-refractivity contribution < 1.29 is 9.21 Å². The van der Waals surface area contributed by atoms with Crippen LogP contribution in [0.1, 0.15) is 17.1 Å². The number of hydrogen-bond donors (Lipinski definition) is 1. The topological polar surface area (TPSA) is 66.0 Å². The number of aryl methyl sites for hydroxylation is 1. The second-order valence-electron chi connectivity index (χ2n) is 3.93. The van der Waals surface area contributed by atoms with E-state index in [2.05, 4.69) is 5.32 Å². The number of nitrogens with zero attached hydrogens (tertiary/aromatic N) is 1. The van der Waals surface area contributed by atoms with E-state index in [0.717, 1.165) is 5.76 Å². The summed E-state index contributed by atoms with van der Waals surface area (Å²) in [6, 6.07) is 12.5. The standard InChI is InChI=1S/C15H12N2O2/c1-11-6-7-13(19-11)8-9-15(18)17-14-5-3-2-4-12(14)10-16/h2-9H,1H3,(H,17,18)/b9-8+. The molecule has 0 fully saturated rings. The number of para-hydroxylation sites is 1. The lowest BCUT2D eigenvalue weighted by molar-refractivity contribution is -0.111. The Bertz CT molecular complexity index is 663. The number of nitrogens with one attached hydrogen (secondary N) is 1. The van der Waals surface area contributed by atoms with Crippen LogP contribution in [0.25, 0.3) is 6.08 Å². The first kappa shape index (κ1) is 12.7. The smallest absolute Gasteiger partial charge is 0.248 e. The molecule has 0 saturated carbocycles. The molecule has 2 aromatic rings. The second kappa shape index (κ2) is 5.69. The minimum absolute atomic E-state index is 0.309. The van der Waals surface area contributed by atoms with Crippen molar-refractivity contribution in [2.75, 3.05) is 5.32 Å². The Balaban J connectivity index is 2.06. The van der Waals surface area contributed by atoms with Crippen LogP contribution in [0.2, 0.25) is 0 Å². The van der Waals surface area contributed by atoms with Gasteiger partial charge in [0.1, 0.15) is 17.6 Å². The Morgan fingerprint density at radius 3 is 2.79 bits per heavy atom. The van der Waals surface area contributed by atoms with Gasteiger partial charge >= 0.3 is 0 Å². The van der Waals surface area contributed by atoms with Crippen molar-refractivity contribution in [3.05, 3.63) is 59.6 Å². The van der Waals surface area contributed by atoms with Gasteiger partial charge in [0.15, 0.2) is 0 Å². The molecule has 0 saturated heterocycles. The molecule has 1 amide bonds. The highest BCUT2D eigenvalue weighted by molar-refractivity contribution is 6.02. The van der Waals surface area contributed by atoms with Gasteiger partial charge in [-0.2, -0.15) is 5.26 Å². The Kier molecular flexibility index (Phi) is 3.79. The van der Waals surface area contributed by atoms with Gasteiger partial charge in [-0.3, -0.25) is 4.79 Å². The quantitative estimate of drug-likeness (QED) is 0.853. The fourth-order valence-corrected chi connectivity index (χ4v) is 1.56. The lowest BCUT2D eigenvalue weighted by Gasteiger charge is -2.03. The van der Waals surface area contributed by atoms with Crippen molar-refractivity contribution in [3.63, 3.8) is 0 Å². The van der Waals surface area contributed by atoms with E-state index in [0.29, 0.717) is 17.0 Å². The lowest BCUT2D eigenvalue weighted by atomic mass is 10.2. The van der Waals surface area contributed by atoms with Crippen molar-refractivity contribution in [3.8, 4) is 6.07 Å². The molecule has 1 aromatic carbocycles. The summed E-state index contributed by atoms with van der Waals surface area (Å²) in [5.41, 5.74) is 0.924.